The second kappa shape index (κ2) is 7.45. The topological polar surface area (TPSA) is 44.4 Å². The molecule has 2 aliphatic heterocycles. The number of amides is 1. The fraction of sp³-hybridized carbons (Fsp3) is 0.632. The zero-order chi connectivity index (χ0) is 16.2. The number of likely N-dealkylation sites (tertiary alicyclic amines) is 1. The van der Waals surface area contributed by atoms with Gasteiger partial charge in [0.15, 0.2) is 0 Å². The van der Waals surface area contributed by atoms with Crippen LogP contribution in [0, 0.1) is 19.8 Å². The Balaban J connectivity index is 1.47. The number of nitrogens with zero attached hydrogens (tertiary/aromatic N) is 1. The monoisotopic (exact) mass is 315 g/mol. The van der Waals surface area contributed by atoms with Crippen LogP contribution in [0.2, 0.25) is 0 Å². The molecule has 0 bridgehead atoms. The average molecular weight is 315 g/mol. The molecule has 2 aliphatic rings. The van der Waals surface area contributed by atoms with Crippen molar-refractivity contribution in [2.24, 2.45) is 5.92 Å². The Morgan fingerprint density at radius 3 is 2.52 bits per heavy atom. The maximum atomic E-state index is 12.4. The molecule has 1 unspecified atom stereocenters. The van der Waals surface area contributed by atoms with Crippen molar-refractivity contribution in [2.75, 3.05) is 31.5 Å². The molecule has 1 aromatic carbocycles. The fourth-order valence-electron chi connectivity index (χ4n) is 4.02. The van der Waals surface area contributed by atoms with Crippen molar-refractivity contribution in [3.63, 3.8) is 0 Å². The summed E-state index contributed by atoms with van der Waals surface area (Å²) in [7, 11) is 0. The summed E-state index contributed by atoms with van der Waals surface area (Å²) in [5.74, 6) is 0.912. The molecule has 1 amide bonds. The minimum absolute atomic E-state index is 0.111. The second-order valence-electron chi connectivity index (χ2n) is 7.13. The van der Waals surface area contributed by atoms with Crippen LogP contribution in [0.15, 0.2) is 18.2 Å². The molecule has 0 aromatic heterocycles. The van der Waals surface area contributed by atoms with E-state index in [9.17, 15) is 4.79 Å². The number of hydrogen-bond acceptors (Lipinski definition) is 3. The molecule has 4 heteroatoms. The maximum absolute atomic E-state index is 12.4. The Morgan fingerprint density at radius 1 is 1.22 bits per heavy atom. The maximum Gasteiger partial charge on any atom is 0.238 e. The summed E-state index contributed by atoms with van der Waals surface area (Å²) in [6.45, 7) is 7.87. The number of hydrogen-bond donors (Lipinski definition) is 2. The van der Waals surface area contributed by atoms with Gasteiger partial charge in [0.2, 0.25) is 5.91 Å². The van der Waals surface area contributed by atoms with E-state index in [1.165, 1.54) is 32.2 Å². The predicted octanol–water partition coefficient (Wildman–Crippen LogP) is 2.71. The standard InChI is InChI=1S/C19H29N3O/c1-14-5-3-6-15(2)19(14)21-18(23)13-22-11-8-16(9-12-22)17-7-4-10-20-17/h3,5-6,16-17,20H,4,7-13H2,1-2H3,(H,21,23). The second-order valence-corrected chi connectivity index (χ2v) is 7.13. The number of carbonyl (C=O) groups excluding carboxylic acids is 1. The smallest absolute Gasteiger partial charge is 0.238 e. The first kappa shape index (κ1) is 16.5. The number of aryl methyl sites for hydroxylation is 2. The molecule has 1 aromatic rings. The van der Waals surface area contributed by atoms with Crippen LogP contribution in [-0.4, -0.2) is 43.0 Å². The van der Waals surface area contributed by atoms with E-state index in [-0.39, 0.29) is 5.91 Å². The molecule has 126 valence electrons. The molecule has 23 heavy (non-hydrogen) atoms. The molecule has 2 N–H and O–H groups in total. The van der Waals surface area contributed by atoms with E-state index in [1.54, 1.807) is 0 Å². The SMILES string of the molecule is Cc1cccc(C)c1NC(=O)CN1CCC(C2CCCN2)CC1. The van der Waals surface area contributed by atoms with Crippen LogP contribution in [0.3, 0.4) is 0 Å². The number of para-hydroxylation sites is 1. The van der Waals surface area contributed by atoms with Gasteiger partial charge in [-0.3, -0.25) is 9.69 Å². The van der Waals surface area contributed by atoms with E-state index >= 15 is 0 Å². The van der Waals surface area contributed by atoms with Gasteiger partial charge in [-0.2, -0.15) is 0 Å². The van der Waals surface area contributed by atoms with Gasteiger partial charge in [0, 0.05) is 11.7 Å². The van der Waals surface area contributed by atoms with E-state index in [0.717, 1.165) is 41.9 Å². The van der Waals surface area contributed by atoms with Crippen LogP contribution in [0.1, 0.15) is 36.8 Å². The number of carbonyl (C=O) groups is 1. The Morgan fingerprint density at radius 2 is 1.91 bits per heavy atom. The third-order valence-corrected chi connectivity index (χ3v) is 5.41. The van der Waals surface area contributed by atoms with E-state index in [0.29, 0.717) is 6.54 Å². The number of piperidine rings is 1. The first-order valence-electron chi connectivity index (χ1n) is 8.95. The largest absolute Gasteiger partial charge is 0.324 e. The molecule has 3 rings (SSSR count). The molecule has 0 radical (unpaired) electrons. The van der Waals surface area contributed by atoms with Gasteiger partial charge < -0.3 is 10.6 Å². The normalized spacial score (nSPS) is 23.1. The Labute approximate surface area is 139 Å². The van der Waals surface area contributed by atoms with Crippen molar-refractivity contribution in [1.82, 2.24) is 10.2 Å². The Kier molecular flexibility index (Phi) is 5.34. The molecule has 2 saturated heterocycles. The quantitative estimate of drug-likeness (QED) is 0.898. The van der Waals surface area contributed by atoms with Crippen molar-refractivity contribution >= 4 is 11.6 Å². The van der Waals surface area contributed by atoms with Crippen molar-refractivity contribution in [3.05, 3.63) is 29.3 Å². The highest BCUT2D eigenvalue weighted by Gasteiger charge is 2.28. The zero-order valence-electron chi connectivity index (χ0n) is 14.4. The highest BCUT2D eigenvalue weighted by molar-refractivity contribution is 5.93. The first-order valence-corrected chi connectivity index (χ1v) is 8.95. The van der Waals surface area contributed by atoms with Crippen molar-refractivity contribution in [2.45, 2.75) is 45.6 Å². The summed E-state index contributed by atoms with van der Waals surface area (Å²) in [6.07, 6.45) is 5.09. The molecule has 2 fully saturated rings. The lowest BCUT2D eigenvalue weighted by Gasteiger charge is -2.34. The van der Waals surface area contributed by atoms with E-state index in [1.807, 2.05) is 32.0 Å². The molecule has 1 atom stereocenters. The molecular weight excluding hydrogens is 286 g/mol. The van der Waals surface area contributed by atoms with Gasteiger partial charge in [0.25, 0.3) is 0 Å². The lowest BCUT2D eigenvalue weighted by Crippen LogP contribution is -2.43. The van der Waals surface area contributed by atoms with Crippen LogP contribution in [0.4, 0.5) is 5.69 Å². The van der Waals surface area contributed by atoms with E-state index in [2.05, 4.69) is 15.5 Å². The van der Waals surface area contributed by atoms with Crippen molar-refractivity contribution in [1.29, 1.82) is 0 Å². The van der Waals surface area contributed by atoms with Crippen LogP contribution in [0.25, 0.3) is 0 Å². The third kappa shape index (κ3) is 4.12. The van der Waals surface area contributed by atoms with Crippen LogP contribution in [0.5, 0.6) is 0 Å². The van der Waals surface area contributed by atoms with E-state index in [4.69, 9.17) is 0 Å². The number of rotatable bonds is 4. The van der Waals surface area contributed by atoms with Crippen LogP contribution < -0.4 is 10.6 Å². The summed E-state index contributed by atoms with van der Waals surface area (Å²) in [4.78, 5) is 14.7. The zero-order valence-corrected chi connectivity index (χ0v) is 14.4. The summed E-state index contributed by atoms with van der Waals surface area (Å²) >= 11 is 0. The number of anilines is 1. The lowest BCUT2D eigenvalue weighted by molar-refractivity contribution is -0.117. The Bertz CT molecular complexity index is 523. The van der Waals surface area contributed by atoms with Gasteiger partial charge in [-0.15, -0.1) is 0 Å². The predicted molar refractivity (Wildman–Crippen MR) is 94.7 cm³/mol. The molecule has 0 saturated carbocycles. The summed E-state index contributed by atoms with van der Waals surface area (Å²) in [6, 6.07) is 6.84. The third-order valence-electron chi connectivity index (χ3n) is 5.41. The number of nitrogens with one attached hydrogen (secondary N) is 2. The minimum atomic E-state index is 0.111. The van der Waals surface area contributed by atoms with Crippen molar-refractivity contribution < 1.29 is 4.79 Å². The fourth-order valence-corrected chi connectivity index (χ4v) is 4.02. The van der Waals surface area contributed by atoms with Gasteiger partial charge in [0.05, 0.1) is 6.54 Å². The Hall–Kier alpha value is -1.39. The molecule has 0 aliphatic carbocycles. The highest BCUT2D eigenvalue weighted by Crippen LogP contribution is 2.25. The van der Waals surface area contributed by atoms with Gasteiger partial charge in [-0.05, 0) is 76.2 Å². The van der Waals surface area contributed by atoms with Gasteiger partial charge in [-0.25, -0.2) is 0 Å². The highest BCUT2D eigenvalue weighted by atomic mass is 16.2. The van der Waals surface area contributed by atoms with Crippen LogP contribution in [-0.2, 0) is 4.79 Å². The summed E-state index contributed by atoms with van der Waals surface area (Å²) in [5, 5.41) is 6.73. The molecule has 2 heterocycles. The summed E-state index contributed by atoms with van der Waals surface area (Å²) < 4.78 is 0. The van der Waals surface area contributed by atoms with Crippen molar-refractivity contribution in [3.8, 4) is 0 Å². The number of benzene rings is 1. The first-order chi connectivity index (χ1) is 11.1. The van der Waals surface area contributed by atoms with Gasteiger partial charge in [0.1, 0.15) is 0 Å². The molecule has 4 nitrogen and oxygen atoms in total. The lowest BCUT2D eigenvalue weighted by atomic mass is 9.88. The summed E-state index contributed by atoms with van der Waals surface area (Å²) in [5.41, 5.74) is 3.23. The average Bonchev–Trinajstić information content (AvgIpc) is 3.06. The molecular formula is C19H29N3O. The molecule has 0 spiro atoms. The van der Waals surface area contributed by atoms with E-state index < -0.39 is 0 Å². The van der Waals surface area contributed by atoms with Gasteiger partial charge in [-0.1, -0.05) is 18.2 Å². The minimum Gasteiger partial charge on any atom is -0.324 e. The van der Waals surface area contributed by atoms with Crippen LogP contribution >= 0.6 is 0 Å². The van der Waals surface area contributed by atoms with Gasteiger partial charge >= 0.3 is 0 Å².